The normalized spacial score (nSPS) is 10.5. The van der Waals surface area contributed by atoms with Gasteiger partial charge in [0.15, 0.2) is 0 Å². The van der Waals surface area contributed by atoms with Gasteiger partial charge in [0.2, 0.25) is 5.91 Å². The lowest BCUT2D eigenvalue weighted by atomic mass is 9.94. The van der Waals surface area contributed by atoms with Crippen molar-refractivity contribution in [3.8, 4) is 11.8 Å². The molecule has 1 rings (SSSR count). The minimum Gasteiger partial charge on any atom is -0.494 e. The van der Waals surface area contributed by atoms with Crippen molar-refractivity contribution in [3.63, 3.8) is 0 Å². The first-order chi connectivity index (χ1) is 7.99. The molecule has 90 valence electrons. The van der Waals surface area contributed by atoms with Crippen molar-refractivity contribution in [2.45, 2.75) is 20.8 Å². The second-order valence-electron chi connectivity index (χ2n) is 4.15. The van der Waals surface area contributed by atoms with E-state index in [0.29, 0.717) is 18.0 Å². The maximum Gasteiger partial charge on any atom is 0.244 e. The largest absolute Gasteiger partial charge is 0.494 e. The van der Waals surface area contributed by atoms with Gasteiger partial charge in [0.25, 0.3) is 0 Å². The summed E-state index contributed by atoms with van der Waals surface area (Å²) in [4.78, 5) is 11.8. The number of ether oxygens (including phenoxy) is 1. The Labute approximate surface area is 101 Å². The lowest BCUT2D eigenvalue weighted by Gasteiger charge is -2.15. The van der Waals surface area contributed by atoms with Crippen molar-refractivity contribution in [2.24, 2.45) is 5.41 Å². The van der Waals surface area contributed by atoms with E-state index in [1.54, 1.807) is 32.0 Å². The van der Waals surface area contributed by atoms with E-state index in [0.717, 1.165) is 0 Å². The first-order valence-electron chi connectivity index (χ1n) is 5.45. The number of nitriles is 1. The van der Waals surface area contributed by atoms with Gasteiger partial charge in [-0.25, -0.2) is 0 Å². The maximum atomic E-state index is 11.8. The van der Waals surface area contributed by atoms with Gasteiger partial charge in [-0.05, 0) is 32.9 Å². The highest BCUT2D eigenvalue weighted by Gasteiger charge is 2.27. The molecule has 0 spiro atoms. The van der Waals surface area contributed by atoms with Crippen LogP contribution in [0.15, 0.2) is 24.3 Å². The number of anilines is 1. The van der Waals surface area contributed by atoms with Gasteiger partial charge in [-0.3, -0.25) is 4.79 Å². The van der Waals surface area contributed by atoms with Crippen LogP contribution in [-0.4, -0.2) is 12.5 Å². The van der Waals surface area contributed by atoms with E-state index in [9.17, 15) is 4.79 Å². The molecule has 0 aliphatic carbocycles. The standard InChI is InChI=1S/C13H16N2O2/c1-4-17-11-7-5-6-10(8-11)15-12(16)13(2,3)9-14/h5-8H,4H2,1-3H3,(H,15,16). The number of hydrogen-bond acceptors (Lipinski definition) is 3. The number of carbonyl (C=O) groups is 1. The van der Waals surface area contributed by atoms with Gasteiger partial charge in [0, 0.05) is 11.8 Å². The number of nitrogens with one attached hydrogen (secondary N) is 1. The van der Waals surface area contributed by atoms with Crippen LogP contribution in [0.5, 0.6) is 5.75 Å². The van der Waals surface area contributed by atoms with E-state index in [-0.39, 0.29) is 5.91 Å². The third-order valence-corrected chi connectivity index (χ3v) is 2.25. The molecule has 0 aliphatic rings. The highest BCUT2D eigenvalue weighted by atomic mass is 16.5. The molecule has 1 amide bonds. The molecular formula is C13H16N2O2. The van der Waals surface area contributed by atoms with Crippen LogP contribution in [0.2, 0.25) is 0 Å². The van der Waals surface area contributed by atoms with Crippen LogP contribution in [0.4, 0.5) is 5.69 Å². The van der Waals surface area contributed by atoms with Crippen molar-refractivity contribution < 1.29 is 9.53 Å². The minimum absolute atomic E-state index is 0.325. The lowest BCUT2D eigenvalue weighted by Crippen LogP contribution is -2.29. The Morgan fingerprint density at radius 2 is 2.24 bits per heavy atom. The predicted molar refractivity (Wildman–Crippen MR) is 65.6 cm³/mol. The van der Waals surface area contributed by atoms with Crippen LogP contribution < -0.4 is 10.1 Å². The number of rotatable bonds is 4. The molecule has 0 heterocycles. The van der Waals surface area contributed by atoms with Gasteiger partial charge in [-0.2, -0.15) is 5.26 Å². The van der Waals surface area contributed by atoms with Crippen molar-refractivity contribution >= 4 is 11.6 Å². The molecule has 0 bridgehead atoms. The Hall–Kier alpha value is -2.02. The molecule has 0 unspecified atom stereocenters. The smallest absolute Gasteiger partial charge is 0.244 e. The number of hydrogen-bond donors (Lipinski definition) is 1. The van der Waals surface area contributed by atoms with Crippen LogP contribution in [0.25, 0.3) is 0 Å². The fourth-order valence-corrected chi connectivity index (χ4v) is 1.17. The molecule has 0 saturated heterocycles. The summed E-state index contributed by atoms with van der Waals surface area (Å²) in [6.07, 6.45) is 0. The highest BCUT2D eigenvalue weighted by Crippen LogP contribution is 2.21. The zero-order valence-corrected chi connectivity index (χ0v) is 10.3. The van der Waals surface area contributed by atoms with Gasteiger partial charge < -0.3 is 10.1 Å². The number of amides is 1. The summed E-state index contributed by atoms with van der Waals surface area (Å²) in [7, 11) is 0. The Morgan fingerprint density at radius 1 is 1.53 bits per heavy atom. The van der Waals surface area contributed by atoms with Crippen LogP contribution in [0.1, 0.15) is 20.8 Å². The minimum atomic E-state index is -1.04. The molecule has 0 aliphatic heterocycles. The Morgan fingerprint density at radius 3 is 2.82 bits per heavy atom. The molecule has 0 aromatic heterocycles. The Kier molecular flexibility index (Phi) is 4.11. The van der Waals surface area contributed by atoms with Crippen molar-refractivity contribution in [2.75, 3.05) is 11.9 Å². The summed E-state index contributed by atoms with van der Waals surface area (Å²) in [5.74, 6) is 0.369. The predicted octanol–water partition coefficient (Wildman–Crippen LogP) is 2.57. The average Bonchev–Trinajstić information content (AvgIpc) is 2.30. The van der Waals surface area contributed by atoms with Crippen molar-refractivity contribution in [1.82, 2.24) is 0 Å². The summed E-state index contributed by atoms with van der Waals surface area (Å²) in [6.45, 7) is 5.62. The number of benzene rings is 1. The van der Waals surface area contributed by atoms with Gasteiger partial charge >= 0.3 is 0 Å². The van der Waals surface area contributed by atoms with E-state index in [2.05, 4.69) is 5.32 Å². The second kappa shape index (κ2) is 5.35. The molecule has 1 aromatic carbocycles. The maximum absolute atomic E-state index is 11.8. The van der Waals surface area contributed by atoms with E-state index < -0.39 is 5.41 Å². The van der Waals surface area contributed by atoms with Crippen LogP contribution in [-0.2, 0) is 4.79 Å². The molecule has 0 atom stereocenters. The van der Waals surface area contributed by atoms with Crippen molar-refractivity contribution in [3.05, 3.63) is 24.3 Å². The Bertz CT molecular complexity index is 447. The first-order valence-corrected chi connectivity index (χ1v) is 5.45. The lowest BCUT2D eigenvalue weighted by molar-refractivity contribution is -0.121. The van der Waals surface area contributed by atoms with E-state index >= 15 is 0 Å². The SMILES string of the molecule is CCOc1cccc(NC(=O)C(C)(C)C#N)c1. The summed E-state index contributed by atoms with van der Waals surface area (Å²) >= 11 is 0. The van der Waals surface area contributed by atoms with Crippen LogP contribution in [0.3, 0.4) is 0 Å². The number of nitrogens with zero attached hydrogens (tertiary/aromatic N) is 1. The summed E-state index contributed by atoms with van der Waals surface area (Å²) in [6, 6.07) is 9.05. The fraction of sp³-hybridized carbons (Fsp3) is 0.385. The molecular weight excluding hydrogens is 216 g/mol. The molecule has 0 radical (unpaired) electrons. The molecule has 0 fully saturated rings. The van der Waals surface area contributed by atoms with Crippen molar-refractivity contribution in [1.29, 1.82) is 5.26 Å². The van der Waals surface area contributed by atoms with Crippen LogP contribution >= 0.6 is 0 Å². The quantitative estimate of drug-likeness (QED) is 0.867. The molecule has 1 N–H and O–H groups in total. The van der Waals surface area contributed by atoms with Gasteiger partial charge in [-0.15, -0.1) is 0 Å². The fourth-order valence-electron chi connectivity index (χ4n) is 1.17. The average molecular weight is 232 g/mol. The summed E-state index contributed by atoms with van der Waals surface area (Å²) in [5.41, 5.74) is -0.411. The third kappa shape index (κ3) is 3.49. The monoisotopic (exact) mass is 232 g/mol. The highest BCUT2D eigenvalue weighted by molar-refractivity contribution is 5.96. The third-order valence-electron chi connectivity index (χ3n) is 2.25. The van der Waals surface area contributed by atoms with E-state index in [1.165, 1.54) is 0 Å². The van der Waals surface area contributed by atoms with Gasteiger partial charge in [0.1, 0.15) is 11.2 Å². The second-order valence-corrected chi connectivity index (χ2v) is 4.15. The zero-order valence-electron chi connectivity index (χ0n) is 10.3. The topological polar surface area (TPSA) is 62.1 Å². The molecule has 4 heteroatoms. The van der Waals surface area contributed by atoms with Gasteiger partial charge in [-0.1, -0.05) is 6.07 Å². The molecule has 1 aromatic rings. The van der Waals surface area contributed by atoms with Crippen LogP contribution in [0, 0.1) is 16.7 Å². The molecule has 0 saturated carbocycles. The first kappa shape index (κ1) is 13.0. The molecule has 4 nitrogen and oxygen atoms in total. The van der Waals surface area contributed by atoms with E-state index in [1.807, 2.05) is 19.1 Å². The summed E-state index contributed by atoms with van der Waals surface area (Å²) in [5, 5.41) is 11.5. The molecule has 17 heavy (non-hydrogen) atoms. The Balaban J connectivity index is 2.79. The number of carbonyl (C=O) groups excluding carboxylic acids is 1. The van der Waals surface area contributed by atoms with Gasteiger partial charge in [0.05, 0.1) is 12.7 Å². The zero-order chi connectivity index (χ0) is 12.9. The van der Waals surface area contributed by atoms with E-state index in [4.69, 9.17) is 10.00 Å². The summed E-state index contributed by atoms with van der Waals surface area (Å²) < 4.78 is 5.32.